The van der Waals surface area contributed by atoms with Crippen LogP contribution in [0.4, 0.5) is 0 Å². The van der Waals surface area contributed by atoms with Crippen molar-refractivity contribution in [3.63, 3.8) is 0 Å². The molecule has 0 amide bonds. The zero-order valence-electron chi connectivity index (χ0n) is 11.2. The molecule has 0 aliphatic carbocycles. The third-order valence-electron chi connectivity index (χ3n) is 2.55. The zero-order valence-corrected chi connectivity index (χ0v) is 11.2. The Morgan fingerprint density at radius 1 is 0.800 bits per heavy atom. The van der Waals surface area contributed by atoms with Crippen molar-refractivity contribution >= 4 is 0 Å². The molecule has 0 aliphatic heterocycles. The van der Waals surface area contributed by atoms with Crippen LogP contribution in [0.5, 0.6) is 11.5 Å². The molecule has 0 saturated carbocycles. The summed E-state index contributed by atoms with van der Waals surface area (Å²) in [7, 11) is 0. The molecule has 3 heteroatoms. The van der Waals surface area contributed by atoms with E-state index in [1.54, 1.807) is 0 Å². The first-order chi connectivity index (χ1) is 9.88. The van der Waals surface area contributed by atoms with E-state index in [1.165, 1.54) is 0 Å². The minimum atomic E-state index is 0.370. The first kappa shape index (κ1) is 14.0. The maximum Gasteiger partial charge on any atom is 0.122 e. The van der Waals surface area contributed by atoms with Gasteiger partial charge >= 0.3 is 0 Å². The van der Waals surface area contributed by atoms with Gasteiger partial charge in [0, 0.05) is 5.56 Å². The Morgan fingerprint density at radius 2 is 1.40 bits per heavy atom. The highest BCUT2D eigenvalue weighted by molar-refractivity contribution is 5.38. The Kier molecular flexibility index (Phi) is 5.51. The Morgan fingerprint density at radius 3 is 2.00 bits per heavy atom. The van der Waals surface area contributed by atoms with Gasteiger partial charge in [-0.05, 0) is 36.4 Å². The molecule has 0 heterocycles. The fourth-order valence-electron chi connectivity index (χ4n) is 1.62. The van der Waals surface area contributed by atoms with Crippen LogP contribution in [0.25, 0.3) is 0 Å². The van der Waals surface area contributed by atoms with E-state index in [2.05, 4.69) is 11.8 Å². The summed E-state index contributed by atoms with van der Waals surface area (Å²) in [4.78, 5) is 0. The molecular formula is C17H17NO2. The molecule has 0 aliphatic rings. The van der Waals surface area contributed by atoms with E-state index in [0.29, 0.717) is 19.8 Å². The summed E-state index contributed by atoms with van der Waals surface area (Å²) in [5, 5.41) is 0. The van der Waals surface area contributed by atoms with Crippen molar-refractivity contribution in [1.82, 2.24) is 0 Å². The lowest BCUT2D eigenvalue weighted by atomic mass is 10.2. The molecular weight excluding hydrogens is 250 g/mol. The van der Waals surface area contributed by atoms with Crippen molar-refractivity contribution in [2.75, 3.05) is 19.8 Å². The van der Waals surface area contributed by atoms with Crippen LogP contribution in [0.2, 0.25) is 0 Å². The van der Waals surface area contributed by atoms with Gasteiger partial charge in [-0.1, -0.05) is 30.0 Å². The molecule has 0 fully saturated rings. The largest absolute Gasteiger partial charge is 0.490 e. The molecule has 2 aromatic carbocycles. The quantitative estimate of drug-likeness (QED) is 0.668. The summed E-state index contributed by atoms with van der Waals surface area (Å²) < 4.78 is 11.1. The Labute approximate surface area is 119 Å². The van der Waals surface area contributed by atoms with Crippen molar-refractivity contribution in [3.05, 3.63) is 60.2 Å². The first-order valence-electron chi connectivity index (χ1n) is 6.48. The van der Waals surface area contributed by atoms with Gasteiger partial charge in [0.1, 0.15) is 24.7 Å². The molecule has 0 spiro atoms. The fraction of sp³-hybridized carbons (Fsp3) is 0.176. The van der Waals surface area contributed by atoms with E-state index in [1.807, 2.05) is 54.6 Å². The van der Waals surface area contributed by atoms with Crippen LogP contribution in [-0.2, 0) is 0 Å². The Hall–Kier alpha value is -2.44. The number of ether oxygens (including phenoxy) is 2. The van der Waals surface area contributed by atoms with Crippen molar-refractivity contribution in [1.29, 1.82) is 0 Å². The topological polar surface area (TPSA) is 44.5 Å². The van der Waals surface area contributed by atoms with Gasteiger partial charge in [-0.3, -0.25) is 0 Å². The maximum absolute atomic E-state index is 5.59. The van der Waals surface area contributed by atoms with E-state index >= 15 is 0 Å². The van der Waals surface area contributed by atoms with Crippen LogP contribution in [0.1, 0.15) is 5.56 Å². The maximum atomic E-state index is 5.59. The second kappa shape index (κ2) is 7.88. The van der Waals surface area contributed by atoms with Crippen LogP contribution >= 0.6 is 0 Å². The van der Waals surface area contributed by atoms with Gasteiger partial charge in [-0.15, -0.1) is 0 Å². The minimum Gasteiger partial charge on any atom is -0.490 e. The molecule has 0 saturated heterocycles. The lowest BCUT2D eigenvalue weighted by molar-refractivity contribution is 0.217. The van der Waals surface area contributed by atoms with Crippen molar-refractivity contribution in [2.24, 2.45) is 5.73 Å². The number of benzene rings is 2. The summed E-state index contributed by atoms with van der Waals surface area (Å²) in [5.74, 6) is 7.43. The molecule has 0 bridgehead atoms. The lowest BCUT2D eigenvalue weighted by Gasteiger charge is -2.08. The molecule has 2 aromatic rings. The standard InChI is InChI=1S/C17H17NO2/c18-12-4-5-15-8-10-17(11-9-15)20-14-13-19-16-6-2-1-3-7-16/h1-3,6-11H,12-14,18H2. The van der Waals surface area contributed by atoms with E-state index < -0.39 is 0 Å². The molecule has 0 unspecified atom stereocenters. The SMILES string of the molecule is NCC#Cc1ccc(OCCOc2ccccc2)cc1. The van der Waals surface area contributed by atoms with Gasteiger partial charge in [0.2, 0.25) is 0 Å². The monoisotopic (exact) mass is 267 g/mol. The molecule has 20 heavy (non-hydrogen) atoms. The molecule has 2 rings (SSSR count). The molecule has 102 valence electrons. The highest BCUT2D eigenvalue weighted by atomic mass is 16.5. The van der Waals surface area contributed by atoms with Crippen molar-refractivity contribution < 1.29 is 9.47 Å². The van der Waals surface area contributed by atoms with Crippen LogP contribution in [-0.4, -0.2) is 19.8 Å². The highest BCUT2D eigenvalue weighted by Gasteiger charge is 1.95. The third kappa shape index (κ3) is 4.68. The van der Waals surface area contributed by atoms with Gasteiger partial charge in [0.25, 0.3) is 0 Å². The van der Waals surface area contributed by atoms with E-state index in [4.69, 9.17) is 15.2 Å². The summed E-state index contributed by atoms with van der Waals surface area (Å²) in [6, 6.07) is 17.3. The average molecular weight is 267 g/mol. The van der Waals surface area contributed by atoms with E-state index in [-0.39, 0.29) is 0 Å². The number of para-hydroxylation sites is 1. The molecule has 2 N–H and O–H groups in total. The predicted octanol–water partition coefficient (Wildman–Crippen LogP) is 2.45. The second-order valence-corrected chi connectivity index (χ2v) is 4.04. The number of hydrogen-bond donors (Lipinski definition) is 1. The minimum absolute atomic E-state index is 0.370. The molecule has 0 radical (unpaired) electrons. The average Bonchev–Trinajstić information content (AvgIpc) is 2.52. The summed E-state index contributed by atoms with van der Waals surface area (Å²) >= 11 is 0. The smallest absolute Gasteiger partial charge is 0.122 e. The third-order valence-corrected chi connectivity index (χ3v) is 2.55. The van der Waals surface area contributed by atoms with Crippen LogP contribution in [0, 0.1) is 11.8 Å². The number of nitrogens with two attached hydrogens (primary N) is 1. The molecule has 3 nitrogen and oxygen atoms in total. The van der Waals surface area contributed by atoms with Gasteiger partial charge < -0.3 is 15.2 Å². The normalized spacial score (nSPS) is 9.45. The summed E-state index contributed by atoms with van der Waals surface area (Å²) in [6.45, 7) is 1.39. The molecule has 0 aromatic heterocycles. The molecule has 0 atom stereocenters. The van der Waals surface area contributed by atoms with Crippen molar-refractivity contribution in [3.8, 4) is 23.3 Å². The first-order valence-corrected chi connectivity index (χ1v) is 6.48. The van der Waals surface area contributed by atoms with Gasteiger partial charge in [-0.2, -0.15) is 0 Å². The summed E-state index contributed by atoms with van der Waals surface area (Å²) in [5.41, 5.74) is 6.26. The van der Waals surface area contributed by atoms with Crippen LogP contribution in [0.3, 0.4) is 0 Å². The van der Waals surface area contributed by atoms with Crippen LogP contribution < -0.4 is 15.2 Å². The highest BCUT2D eigenvalue weighted by Crippen LogP contribution is 2.12. The van der Waals surface area contributed by atoms with Gasteiger partial charge in [0.05, 0.1) is 6.54 Å². The van der Waals surface area contributed by atoms with Gasteiger partial charge in [0.15, 0.2) is 0 Å². The Bertz CT molecular complexity index is 567. The second-order valence-electron chi connectivity index (χ2n) is 4.04. The zero-order chi connectivity index (χ0) is 14.0. The van der Waals surface area contributed by atoms with Crippen molar-refractivity contribution in [2.45, 2.75) is 0 Å². The Balaban J connectivity index is 1.74. The summed E-state index contributed by atoms with van der Waals surface area (Å²) in [6.07, 6.45) is 0. The van der Waals surface area contributed by atoms with E-state index in [9.17, 15) is 0 Å². The lowest BCUT2D eigenvalue weighted by Crippen LogP contribution is -2.08. The fourth-order valence-corrected chi connectivity index (χ4v) is 1.62. The number of hydrogen-bond acceptors (Lipinski definition) is 3. The van der Waals surface area contributed by atoms with E-state index in [0.717, 1.165) is 17.1 Å². The van der Waals surface area contributed by atoms with Crippen LogP contribution in [0.15, 0.2) is 54.6 Å². The van der Waals surface area contributed by atoms with Gasteiger partial charge in [-0.25, -0.2) is 0 Å². The number of rotatable bonds is 5. The predicted molar refractivity (Wildman–Crippen MR) is 79.8 cm³/mol.